The first-order valence-electron chi connectivity index (χ1n) is 8.58. The van der Waals surface area contributed by atoms with Gasteiger partial charge in [-0.1, -0.05) is 0 Å². The summed E-state index contributed by atoms with van der Waals surface area (Å²) in [5.41, 5.74) is 3.72. The van der Waals surface area contributed by atoms with E-state index in [-0.39, 0.29) is 17.8 Å². The second-order valence-corrected chi connectivity index (χ2v) is 6.81. The fourth-order valence-electron chi connectivity index (χ4n) is 3.18. The minimum Gasteiger partial charge on any atom is -0.349 e. The maximum absolute atomic E-state index is 13.2. The Morgan fingerprint density at radius 1 is 1.28 bits per heavy atom. The Morgan fingerprint density at radius 2 is 2.00 bits per heavy atom. The normalized spacial score (nSPS) is 15.3. The zero-order chi connectivity index (χ0) is 17.6. The van der Waals surface area contributed by atoms with Crippen LogP contribution in [0.1, 0.15) is 35.8 Å². The van der Waals surface area contributed by atoms with Crippen molar-refractivity contribution < 1.29 is 9.18 Å². The van der Waals surface area contributed by atoms with Crippen molar-refractivity contribution in [3.05, 3.63) is 59.7 Å². The lowest BCUT2D eigenvalue weighted by Crippen LogP contribution is -2.34. The molecule has 0 aliphatic heterocycles. The van der Waals surface area contributed by atoms with Gasteiger partial charge >= 0.3 is 0 Å². The van der Waals surface area contributed by atoms with Crippen LogP contribution in [-0.4, -0.2) is 21.3 Å². The minimum absolute atomic E-state index is 0.0925. The summed E-state index contributed by atoms with van der Waals surface area (Å²) in [6, 6.07) is 10.2. The molecule has 0 spiro atoms. The largest absolute Gasteiger partial charge is 0.349 e. The molecule has 3 aromatic rings. The Morgan fingerprint density at radius 3 is 2.68 bits per heavy atom. The number of benzene rings is 1. The van der Waals surface area contributed by atoms with Crippen molar-refractivity contribution in [1.29, 1.82) is 0 Å². The SMILES string of the molecule is Cc1cc(-c2ccc(F)cc2)nc2c(C(=O)N[C@@H](C)C3CC3)ccn12. The van der Waals surface area contributed by atoms with Gasteiger partial charge in [0.25, 0.3) is 5.91 Å². The number of halogens is 1. The van der Waals surface area contributed by atoms with Gasteiger partial charge in [0.2, 0.25) is 0 Å². The maximum Gasteiger partial charge on any atom is 0.255 e. The molecule has 0 unspecified atom stereocenters. The third-order valence-corrected chi connectivity index (χ3v) is 4.88. The molecule has 1 aliphatic rings. The quantitative estimate of drug-likeness (QED) is 0.783. The second-order valence-electron chi connectivity index (χ2n) is 6.81. The van der Waals surface area contributed by atoms with Crippen molar-refractivity contribution in [3.8, 4) is 11.3 Å². The summed E-state index contributed by atoms with van der Waals surface area (Å²) < 4.78 is 15.1. The van der Waals surface area contributed by atoms with Gasteiger partial charge in [-0.3, -0.25) is 4.79 Å². The average Bonchev–Trinajstić information content (AvgIpc) is 3.35. The fourth-order valence-corrected chi connectivity index (χ4v) is 3.18. The molecule has 1 amide bonds. The molecule has 4 nitrogen and oxygen atoms in total. The van der Waals surface area contributed by atoms with Crippen LogP contribution in [0.4, 0.5) is 4.39 Å². The van der Waals surface area contributed by atoms with E-state index in [1.54, 1.807) is 18.2 Å². The predicted octanol–water partition coefficient (Wildman–Crippen LogP) is 3.98. The van der Waals surface area contributed by atoms with Gasteiger partial charge in [-0.05, 0) is 69.0 Å². The molecule has 25 heavy (non-hydrogen) atoms. The number of nitrogens with one attached hydrogen (secondary N) is 1. The van der Waals surface area contributed by atoms with Gasteiger partial charge in [-0.2, -0.15) is 0 Å². The summed E-state index contributed by atoms with van der Waals surface area (Å²) in [5.74, 6) is 0.228. The van der Waals surface area contributed by atoms with E-state index in [1.165, 1.54) is 25.0 Å². The third-order valence-electron chi connectivity index (χ3n) is 4.88. The van der Waals surface area contributed by atoms with Crippen LogP contribution in [0.25, 0.3) is 16.9 Å². The monoisotopic (exact) mass is 337 g/mol. The number of nitrogens with zero attached hydrogens (tertiary/aromatic N) is 2. The molecule has 5 heteroatoms. The number of hydrogen-bond donors (Lipinski definition) is 1. The topological polar surface area (TPSA) is 46.4 Å². The van der Waals surface area contributed by atoms with Crippen molar-refractivity contribution in [2.75, 3.05) is 0 Å². The Balaban J connectivity index is 1.73. The van der Waals surface area contributed by atoms with Crippen LogP contribution >= 0.6 is 0 Å². The molecule has 2 heterocycles. The lowest BCUT2D eigenvalue weighted by molar-refractivity contribution is 0.0937. The Bertz CT molecular complexity index is 941. The van der Waals surface area contributed by atoms with Gasteiger partial charge in [-0.25, -0.2) is 9.37 Å². The van der Waals surface area contributed by atoms with Gasteiger partial charge in [0.15, 0.2) is 0 Å². The highest BCUT2D eigenvalue weighted by Gasteiger charge is 2.29. The van der Waals surface area contributed by atoms with Gasteiger partial charge in [0, 0.05) is 23.5 Å². The number of aromatic nitrogens is 2. The molecule has 0 radical (unpaired) electrons. The van der Waals surface area contributed by atoms with Gasteiger partial charge in [-0.15, -0.1) is 0 Å². The van der Waals surface area contributed by atoms with Crippen LogP contribution < -0.4 is 5.32 Å². The van der Waals surface area contributed by atoms with E-state index in [0.717, 1.165) is 17.0 Å². The van der Waals surface area contributed by atoms with E-state index in [9.17, 15) is 9.18 Å². The van der Waals surface area contributed by atoms with Crippen LogP contribution in [0.15, 0.2) is 42.6 Å². The second kappa shape index (κ2) is 5.99. The van der Waals surface area contributed by atoms with E-state index < -0.39 is 0 Å². The van der Waals surface area contributed by atoms with Crippen molar-refractivity contribution in [1.82, 2.24) is 14.7 Å². The molecule has 128 valence electrons. The van der Waals surface area contributed by atoms with E-state index in [2.05, 4.69) is 17.2 Å². The van der Waals surface area contributed by atoms with Gasteiger partial charge in [0.05, 0.1) is 11.3 Å². The summed E-state index contributed by atoms with van der Waals surface area (Å²) >= 11 is 0. The van der Waals surface area contributed by atoms with Crippen molar-refractivity contribution in [2.45, 2.75) is 32.7 Å². The van der Waals surface area contributed by atoms with E-state index in [4.69, 9.17) is 0 Å². The zero-order valence-corrected chi connectivity index (χ0v) is 14.3. The molecular formula is C20H20FN3O. The van der Waals surface area contributed by atoms with Crippen LogP contribution in [0, 0.1) is 18.7 Å². The first-order chi connectivity index (χ1) is 12.0. The Kier molecular flexibility index (Phi) is 3.79. The van der Waals surface area contributed by atoms with Crippen molar-refractivity contribution >= 4 is 11.6 Å². The number of hydrogen-bond acceptors (Lipinski definition) is 2. The zero-order valence-electron chi connectivity index (χ0n) is 14.3. The van der Waals surface area contributed by atoms with Gasteiger partial charge in [0.1, 0.15) is 11.5 Å². The Labute approximate surface area is 145 Å². The number of aryl methyl sites for hydroxylation is 1. The smallest absolute Gasteiger partial charge is 0.255 e. The van der Waals surface area contributed by atoms with Crippen LogP contribution in [0.5, 0.6) is 0 Å². The van der Waals surface area contributed by atoms with Crippen LogP contribution in [0.3, 0.4) is 0 Å². The van der Waals surface area contributed by atoms with E-state index in [0.29, 0.717) is 17.1 Å². The molecule has 1 fully saturated rings. The maximum atomic E-state index is 13.2. The summed E-state index contributed by atoms with van der Waals surface area (Å²) in [6.45, 7) is 4.02. The first kappa shape index (κ1) is 15.8. The highest BCUT2D eigenvalue weighted by atomic mass is 19.1. The van der Waals surface area contributed by atoms with Crippen molar-refractivity contribution in [2.24, 2.45) is 5.92 Å². The third kappa shape index (κ3) is 3.02. The molecule has 2 aromatic heterocycles. The average molecular weight is 337 g/mol. The lowest BCUT2D eigenvalue weighted by Gasteiger charge is -2.12. The highest BCUT2D eigenvalue weighted by molar-refractivity contribution is 6.00. The predicted molar refractivity (Wildman–Crippen MR) is 95.0 cm³/mol. The molecule has 0 bridgehead atoms. The molecule has 1 saturated carbocycles. The number of carbonyl (C=O) groups excluding carboxylic acids is 1. The fraction of sp³-hybridized carbons (Fsp3) is 0.300. The molecule has 1 N–H and O–H groups in total. The van der Waals surface area contributed by atoms with Crippen LogP contribution in [-0.2, 0) is 0 Å². The van der Waals surface area contributed by atoms with Crippen LogP contribution in [0.2, 0.25) is 0 Å². The summed E-state index contributed by atoms with van der Waals surface area (Å²) in [6.07, 6.45) is 4.23. The number of amides is 1. The van der Waals surface area contributed by atoms with Gasteiger partial charge < -0.3 is 9.72 Å². The molecule has 1 aromatic carbocycles. The molecule has 1 atom stereocenters. The Hall–Kier alpha value is -2.69. The van der Waals surface area contributed by atoms with E-state index in [1.807, 2.05) is 23.6 Å². The standard InChI is InChI=1S/C20H20FN3O/c1-12-11-18(15-5-7-16(21)8-6-15)23-19-17(9-10-24(12)19)20(25)22-13(2)14-3-4-14/h5-11,13-14H,3-4H2,1-2H3,(H,22,25)/t13-/m0/s1. The summed E-state index contributed by atoms with van der Waals surface area (Å²) in [5, 5.41) is 3.08. The molecule has 4 rings (SSSR count). The lowest BCUT2D eigenvalue weighted by atomic mass is 10.1. The summed E-state index contributed by atoms with van der Waals surface area (Å²) in [4.78, 5) is 17.3. The molecule has 0 saturated heterocycles. The first-order valence-corrected chi connectivity index (χ1v) is 8.58. The number of fused-ring (bicyclic) bond motifs is 1. The van der Waals surface area contributed by atoms with Crippen molar-refractivity contribution in [3.63, 3.8) is 0 Å². The minimum atomic E-state index is -0.279. The molecular weight excluding hydrogens is 317 g/mol. The number of rotatable bonds is 4. The number of carbonyl (C=O) groups is 1. The molecule has 1 aliphatic carbocycles. The highest BCUT2D eigenvalue weighted by Crippen LogP contribution is 2.32. The van der Waals surface area contributed by atoms with E-state index >= 15 is 0 Å². The summed E-state index contributed by atoms with van der Waals surface area (Å²) in [7, 11) is 0.